The predicted octanol–water partition coefficient (Wildman–Crippen LogP) is 3.63. The van der Waals surface area contributed by atoms with Crippen LogP contribution in [0.15, 0.2) is 18.5 Å². The van der Waals surface area contributed by atoms with Crippen LogP contribution in [0.25, 0.3) is 11.5 Å². The first kappa shape index (κ1) is 22.8. The largest absolute Gasteiger partial charge is 0.383 e. The Hall–Kier alpha value is -2.39. The zero-order valence-electron chi connectivity index (χ0n) is 19.2. The van der Waals surface area contributed by atoms with E-state index in [2.05, 4.69) is 49.7 Å². The third kappa shape index (κ3) is 6.10. The highest BCUT2D eigenvalue weighted by atomic mass is 19.1. The first-order chi connectivity index (χ1) is 15.4. The molecule has 174 valence electrons. The van der Waals surface area contributed by atoms with E-state index in [9.17, 15) is 4.39 Å². The van der Waals surface area contributed by atoms with Gasteiger partial charge >= 0.3 is 0 Å². The van der Waals surface area contributed by atoms with Gasteiger partial charge in [0.1, 0.15) is 11.5 Å². The van der Waals surface area contributed by atoms with Crippen molar-refractivity contribution in [2.75, 3.05) is 30.9 Å². The standard InChI is InChI=1S/C23H34FN7O/c1-15(13-32-3)28-16-4-6-17(7-5-16)29-22-26-12-18(24)20(31-22)21-25-11-8-19(30-21)27-14-23(2)9-10-23/h8,11-12,15-17,28H,4-7,9-10,13-14H2,1-3H3,(H,25,27,30)(H,26,29,31). The minimum absolute atomic E-state index is 0.118. The molecule has 8 nitrogen and oxygen atoms in total. The highest BCUT2D eigenvalue weighted by Gasteiger charge is 2.36. The Morgan fingerprint density at radius 1 is 1.16 bits per heavy atom. The molecule has 32 heavy (non-hydrogen) atoms. The summed E-state index contributed by atoms with van der Waals surface area (Å²) in [6.07, 6.45) is 9.40. The normalized spacial score (nSPS) is 22.9. The van der Waals surface area contributed by atoms with Crippen LogP contribution in [0.1, 0.15) is 52.4 Å². The van der Waals surface area contributed by atoms with Crippen molar-refractivity contribution >= 4 is 11.8 Å². The van der Waals surface area contributed by atoms with Crippen LogP contribution in [0.4, 0.5) is 16.2 Å². The molecule has 2 saturated carbocycles. The van der Waals surface area contributed by atoms with Crippen molar-refractivity contribution in [2.45, 2.75) is 70.5 Å². The molecular weight excluding hydrogens is 409 g/mol. The average Bonchev–Trinajstić information content (AvgIpc) is 3.53. The van der Waals surface area contributed by atoms with Gasteiger partial charge in [-0.1, -0.05) is 6.92 Å². The molecule has 4 rings (SSSR count). The number of hydrogen-bond donors (Lipinski definition) is 3. The van der Waals surface area contributed by atoms with E-state index in [1.165, 1.54) is 19.0 Å². The quantitative estimate of drug-likeness (QED) is 0.512. The fraction of sp³-hybridized carbons (Fsp3) is 0.652. The van der Waals surface area contributed by atoms with Crippen LogP contribution in [0, 0.1) is 11.2 Å². The molecule has 1 unspecified atom stereocenters. The first-order valence-corrected chi connectivity index (χ1v) is 11.6. The molecule has 0 aromatic carbocycles. The number of halogens is 1. The fourth-order valence-electron chi connectivity index (χ4n) is 4.15. The number of nitrogens with zero attached hydrogens (tertiary/aromatic N) is 4. The van der Waals surface area contributed by atoms with Crippen LogP contribution in [-0.2, 0) is 4.74 Å². The van der Waals surface area contributed by atoms with E-state index in [0.29, 0.717) is 35.9 Å². The van der Waals surface area contributed by atoms with Crippen LogP contribution >= 0.6 is 0 Å². The summed E-state index contributed by atoms with van der Waals surface area (Å²) >= 11 is 0. The van der Waals surface area contributed by atoms with Crippen molar-refractivity contribution in [2.24, 2.45) is 5.41 Å². The zero-order chi connectivity index (χ0) is 22.6. The van der Waals surface area contributed by atoms with Gasteiger partial charge in [0.25, 0.3) is 0 Å². The van der Waals surface area contributed by atoms with Gasteiger partial charge in [0.05, 0.1) is 12.8 Å². The predicted molar refractivity (Wildman–Crippen MR) is 123 cm³/mol. The highest BCUT2D eigenvalue weighted by Crippen LogP contribution is 2.44. The molecule has 2 aliphatic carbocycles. The van der Waals surface area contributed by atoms with E-state index in [1.807, 2.05) is 0 Å². The van der Waals surface area contributed by atoms with Gasteiger partial charge in [-0.15, -0.1) is 0 Å². The second-order valence-corrected chi connectivity index (χ2v) is 9.54. The Labute approximate surface area is 189 Å². The molecule has 0 aliphatic heterocycles. The van der Waals surface area contributed by atoms with E-state index in [1.54, 1.807) is 19.4 Å². The van der Waals surface area contributed by atoms with E-state index in [0.717, 1.165) is 32.2 Å². The summed E-state index contributed by atoms with van der Waals surface area (Å²) in [5.41, 5.74) is 0.464. The second-order valence-electron chi connectivity index (χ2n) is 9.54. The maximum atomic E-state index is 14.5. The summed E-state index contributed by atoms with van der Waals surface area (Å²) in [5.74, 6) is 0.836. The topological polar surface area (TPSA) is 96.9 Å². The Balaban J connectivity index is 1.36. The molecule has 0 spiro atoms. The molecule has 2 aliphatic rings. The molecule has 0 saturated heterocycles. The van der Waals surface area contributed by atoms with Gasteiger partial charge in [-0.3, -0.25) is 0 Å². The van der Waals surface area contributed by atoms with Crippen LogP contribution in [0.5, 0.6) is 0 Å². The molecule has 1 atom stereocenters. The number of anilines is 2. The third-order valence-electron chi connectivity index (χ3n) is 6.41. The summed E-state index contributed by atoms with van der Waals surface area (Å²) in [4.78, 5) is 17.3. The van der Waals surface area contributed by atoms with Crippen LogP contribution in [0.3, 0.4) is 0 Å². The van der Waals surface area contributed by atoms with Crippen LogP contribution in [-0.4, -0.2) is 58.3 Å². The third-order valence-corrected chi connectivity index (χ3v) is 6.41. The van der Waals surface area contributed by atoms with Crippen LogP contribution in [0.2, 0.25) is 0 Å². The molecule has 3 N–H and O–H groups in total. The number of hydrogen-bond acceptors (Lipinski definition) is 8. The monoisotopic (exact) mass is 443 g/mol. The van der Waals surface area contributed by atoms with E-state index in [-0.39, 0.29) is 17.6 Å². The van der Waals surface area contributed by atoms with E-state index in [4.69, 9.17) is 4.74 Å². The van der Waals surface area contributed by atoms with Crippen molar-refractivity contribution in [3.8, 4) is 11.5 Å². The lowest BCUT2D eigenvalue weighted by molar-refractivity contribution is 0.161. The van der Waals surface area contributed by atoms with Crippen molar-refractivity contribution in [1.29, 1.82) is 0 Å². The molecule has 2 aromatic heterocycles. The van der Waals surface area contributed by atoms with E-state index >= 15 is 0 Å². The highest BCUT2D eigenvalue weighted by molar-refractivity contribution is 5.54. The maximum Gasteiger partial charge on any atom is 0.223 e. The molecule has 9 heteroatoms. The lowest BCUT2D eigenvalue weighted by Gasteiger charge is -2.31. The minimum Gasteiger partial charge on any atom is -0.383 e. The van der Waals surface area contributed by atoms with Gasteiger partial charge in [0, 0.05) is 38.0 Å². The number of rotatable bonds is 10. The van der Waals surface area contributed by atoms with Gasteiger partial charge in [-0.2, -0.15) is 0 Å². The lowest BCUT2D eigenvalue weighted by Crippen LogP contribution is -2.43. The number of aromatic nitrogens is 4. The Morgan fingerprint density at radius 2 is 1.91 bits per heavy atom. The molecule has 0 bridgehead atoms. The van der Waals surface area contributed by atoms with Gasteiger partial charge < -0.3 is 20.7 Å². The Bertz CT molecular complexity index is 900. The summed E-state index contributed by atoms with van der Waals surface area (Å²) in [6, 6.07) is 2.89. The minimum atomic E-state index is -0.526. The molecule has 0 amide bonds. The summed E-state index contributed by atoms with van der Waals surface area (Å²) in [7, 11) is 1.72. The van der Waals surface area contributed by atoms with Crippen molar-refractivity contribution in [1.82, 2.24) is 25.3 Å². The fourth-order valence-corrected chi connectivity index (χ4v) is 4.15. The zero-order valence-corrected chi connectivity index (χ0v) is 19.2. The second kappa shape index (κ2) is 10.0. The molecule has 2 fully saturated rings. The average molecular weight is 444 g/mol. The molecular formula is C23H34FN7O. The summed E-state index contributed by atoms with van der Waals surface area (Å²) < 4.78 is 19.7. The number of ether oxygens (including phenoxy) is 1. The van der Waals surface area contributed by atoms with Crippen LogP contribution < -0.4 is 16.0 Å². The van der Waals surface area contributed by atoms with Gasteiger partial charge in [0.2, 0.25) is 5.95 Å². The molecule has 2 heterocycles. The maximum absolute atomic E-state index is 14.5. The molecule has 0 radical (unpaired) electrons. The smallest absolute Gasteiger partial charge is 0.223 e. The number of methoxy groups -OCH3 is 1. The SMILES string of the molecule is COCC(C)NC1CCC(Nc2ncc(F)c(-c3nccc(NCC4(C)CC4)n3)n2)CC1. The number of nitrogens with one attached hydrogen (secondary N) is 3. The van der Waals surface area contributed by atoms with Gasteiger partial charge in [-0.05, 0) is 56.9 Å². The van der Waals surface area contributed by atoms with E-state index < -0.39 is 5.82 Å². The van der Waals surface area contributed by atoms with Crippen molar-refractivity contribution in [3.63, 3.8) is 0 Å². The summed E-state index contributed by atoms with van der Waals surface area (Å²) in [5, 5.41) is 10.3. The molecule has 2 aromatic rings. The van der Waals surface area contributed by atoms with Gasteiger partial charge in [0.15, 0.2) is 11.6 Å². The van der Waals surface area contributed by atoms with Crippen molar-refractivity contribution < 1.29 is 9.13 Å². The van der Waals surface area contributed by atoms with Crippen molar-refractivity contribution in [3.05, 3.63) is 24.3 Å². The first-order valence-electron chi connectivity index (χ1n) is 11.6. The summed E-state index contributed by atoms with van der Waals surface area (Å²) in [6.45, 7) is 5.95. The Kier molecular flexibility index (Phi) is 7.15. The Morgan fingerprint density at radius 3 is 2.62 bits per heavy atom. The lowest BCUT2D eigenvalue weighted by atomic mass is 9.91. The van der Waals surface area contributed by atoms with Gasteiger partial charge in [-0.25, -0.2) is 24.3 Å².